The molecule has 154 valence electrons. The molecule has 1 heterocycles. The first kappa shape index (κ1) is 21.2. The Kier molecular flexibility index (Phi) is 6.18. The Hall–Kier alpha value is -2.52. The van der Waals surface area contributed by atoms with Gasteiger partial charge in [0, 0.05) is 4.88 Å². The number of carbonyl (C=O) groups is 1. The number of hydrogen-bond acceptors (Lipinski definition) is 5. The minimum Gasteiger partial charge on any atom is -0.493 e. The van der Waals surface area contributed by atoms with Crippen LogP contribution >= 0.6 is 11.3 Å². The summed E-state index contributed by atoms with van der Waals surface area (Å²) in [4.78, 5) is 13.9. The van der Waals surface area contributed by atoms with Gasteiger partial charge in [0.2, 0.25) is 5.91 Å². The largest absolute Gasteiger partial charge is 0.493 e. The van der Waals surface area contributed by atoms with Crippen molar-refractivity contribution in [1.29, 1.82) is 5.26 Å². The smallest absolute Gasteiger partial charge is 0.229 e. The van der Waals surface area contributed by atoms with Crippen LogP contribution < -0.4 is 14.8 Å². The number of benzene rings is 1. The van der Waals surface area contributed by atoms with Crippen LogP contribution in [0.25, 0.3) is 0 Å². The van der Waals surface area contributed by atoms with Crippen molar-refractivity contribution in [2.45, 2.75) is 46.5 Å². The summed E-state index contributed by atoms with van der Waals surface area (Å²) in [5.74, 6) is 1.67. The lowest BCUT2D eigenvalue weighted by molar-refractivity contribution is -0.115. The molecule has 0 aliphatic heterocycles. The summed E-state index contributed by atoms with van der Waals surface area (Å²) in [7, 11) is 3.15. The molecule has 1 aliphatic rings. The van der Waals surface area contributed by atoms with Gasteiger partial charge in [-0.1, -0.05) is 26.8 Å². The highest BCUT2D eigenvalue weighted by Gasteiger charge is 2.32. The molecule has 1 amide bonds. The molecule has 1 aromatic carbocycles. The number of methoxy groups -OCH3 is 2. The molecule has 1 atom stereocenters. The normalized spacial score (nSPS) is 15.9. The van der Waals surface area contributed by atoms with E-state index in [0.717, 1.165) is 30.4 Å². The van der Waals surface area contributed by atoms with Gasteiger partial charge in [-0.15, -0.1) is 11.3 Å². The number of amides is 1. The van der Waals surface area contributed by atoms with Gasteiger partial charge in [-0.05, 0) is 53.9 Å². The van der Waals surface area contributed by atoms with Crippen LogP contribution in [0.3, 0.4) is 0 Å². The monoisotopic (exact) mass is 412 g/mol. The van der Waals surface area contributed by atoms with Crippen molar-refractivity contribution in [3.05, 3.63) is 39.8 Å². The molecule has 3 rings (SSSR count). The maximum Gasteiger partial charge on any atom is 0.229 e. The Bertz CT molecular complexity index is 950. The van der Waals surface area contributed by atoms with Crippen LogP contribution in [0.1, 0.15) is 48.8 Å². The average molecular weight is 413 g/mol. The highest BCUT2D eigenvalue weighted by Crippen LogP contribution is 2.44. The van der Waals surface area contributed by atoms with Crippen molar-refractivity contribution in [3.8, 4) is 17.6 Å². The van der Waals surface area contributed by atoms with E-state index in [2.05, 4.69) is 32.2 Å². The van der Waals surface area contributed by atoms with Crippen molar-refractivity contribution < 1.29 is 14.3 Å². The van der Waals surface area contributed by atoms with Gasteiger partial charge in [0.1, 0.15) is 11.1 Å². The maximum absolute atomic E-state index is 12.7. The topological polar surface area (TPSA) is 71.3 Å². The van der Waals surface area contributed by atoms with Gasteiger partial charge in [0.25, 0.3) is 0 Å². The van der Waals surface area contributed by atoms with E-state index in [0.29, 0.717) is 28.0 Å². The number of ether oxygens (including phenoxy) is 2. The first-order valence-electron chi connectivity index (χ1n) is 9.82. The Morgan fingerprint density at radius 2 is 2.00 bits per heavy atom. The minimum atomic E-state index is -0.139. The molecule has 0 saturated heterocycles. The predicted octanol–water partition coefficient (Wildman–Crippen LogP) is 4.97. The molecule has 29 heavy (non-hydrogen) atoms. The Labute approximate surface area is 176 Å². The zero-order valence-electron chi connectivity index (χ0n) is 17.7. The standard InChI is InChI=1S/C23H28N2O3S/c1-23(2,3)15-7-8-16-17(13-24)22(29-20(16)12-15)25-21(26)11-14-6-9-18(27-4)19(10-14)28-5/h6,9-10,15H,7-8,11-12H2,1-5H3,(H,25,26)/t15-/m1/s1. The van der Waals surface area contributed by atoms with Gasteiger partial charge in [0.05, 0.1) is 26.2 Å². The molecule has 2 aromatic rings. The summed E-state index contributed by atoms with van der Waals surface area (Å²) in [5.41, 5.74) is 2.83. The van der Waals surface area contributed by atoms with Crippen LogP contribution in [0.2, 0.25) is 0 Å². The lowest BCUT2D eigenvalue weighted by Crippen LogP contribution is -2.26. The summed E-state index contributed by atoms with van der Waals surface area (Å²) in [5, 5.41) is 13.3. The van der Waals surface area contributed by atoms with Gasteiger partial charge < -0.3 is 14.8 Å². The third kappa shape index (κ3) is 4.56. The number of anilines is 1. The Balaban J connectivity index is 1.76. The molecule has 1 N–H and O–H groups in total. The number of thiophene rings is 1. The second kappa shape index (κ2) is 8.46. The Morgan fingerprint density at radius 3 is 2.62 bits per heavy atom. The maximum atomic E-state index is 12.7. The fourth-order valence-corrected chi connectivity index (χ4v) is 5.17. The molecule has 0 bridgehead atoms. The number of nitriles is 1. The zero-order valence-corrected chi connectivity index (χ0v) is 18.5. The van der Waals surface area contributed by atoms with Crippen LogP contribution in [0.4, 0.5) is 5.00 Å². The van der Waals surface area contributed by atoms with E-state index in [1.165, 1.54) is 4.88 Å². The third-order valence-electron chi connectivity index (χ3n) is 5.67. The molecular weight excluding hydrogens is 384 g/mol. The van der Waals surface area contributed by atoms with E-state index < -0.39 is 0 Å². The van der Waals surface area contributed by atoms with Gasteiger partial charge >= 0.3 is 0 Å². The van der Waals surface area contributed by atoms with E-state index in [1.807, 2.05) is 6.07 Å². The molecule has 6 heteroatoms. The van der Waals surface area contributed by atoms with E-state index in [9.17, 15) is 10.1 Å². The molecule has 0 fully saturated rings. The number of rotatable bonds is 5. The fourth-order valence-electron chi connectivity index (χ4n) is 3.88. The second-order valence-corrected chi connectivity index (χ2v) is 9.64. The molecule has 5 nitrogen and oxygen atoms in total. The summed E-state index contributed by atoms with van der Waals surface area (Å²) in [6.45, 7) is 6.81. The first-order valence-corrected chi connectivity index (χ1v) is 10.6. The minimum absolute atomic E-state index is 0.139. The van der Waals surface area contributed by atoms with Gasteiger partial charge in [-0.3, -0.25) is 4.79 Å². The number of fused-ring (bicyclic) bond motifs is 1. The summed E-state index contributed by atoms with van der Waals surface area (Å²) in [6, 6.07) is 7.76. The van der Waals surface area contributed by atoms with E-state index >= 15 is 0 Å². The average Bonchev–Trinajstić information content (AvgIpc) is 3.02. The molecule has 0 saturated carbocycles. The first-order chi connectivity index (χ1) is 13.8. The van der Waals surface area contributed by atoms with Gasteiger partial charge in [0.15, 0.2) is 11.5 Å². The summed E-state index contributed by atoms with van der Waals surface area (Å²) in [6.07, 6.45) is 3.17. The third-order valence-corrected chi connectivity index (χ3v) is 6.84. The highest BCUT2D eigenvalue weighted by molar-refractivity contribution is 7.16. The molecule has 0 spiro atoms. The summed E-state index contributed by atoms with van der Waals surface area (Å²) >= 11 is 1.56. The molecule has 1 aromatic heterocycles. The van der Waals surface area contributed by atoms with Gasteiger partial charge in [-0.2, -0.15) is 5.26 Å². The lowest BCUT2D eigenvalue weighted by Gasteiger charge is -2.33. The van der Waals surface area contributed by atoms with Gasteiger partial charge in [-0.25, -0.2) is 0 Å². The molecule has 1 aliphatic carbocycles. The highest BCUT2D eigenvalue weighted by atomic mass is 32.1. The fraction of sp³-hybridized carbons (Fsp3) is 0.478. The van der Waals surface area contributed by atoms with Crippen molar-refractivity contribution in [1.82, 2.24) is 0 Å². The zero-order chi connectivity index (χ0) is 21.2. The quantitative estimate of drug-likeness (QED) is 0.753. The number of carbonyl (C=O) groups excluding carboxylic acids is 1. The molecule has 0 unspecified atom stereocenters. The van der Waals surface area contributed by atoms with Crippen molar-refractivity contribution in [3.63, 3.8) is 0 Å². The van der Waals surface area contributed by atoms with Crippen LogP contribution in [0.15, 0.2) is 18.2 Å². The van der Waals surface area contributed by atoms with E-state index in [4.69, 9.17) is 9.47 Å². The number of nitrogens with one attached hydrogen (secondary N) is 1. The second-order valence-electron chi connectivity index (χ2n) is 8.54. The Morgan fingerprint density at radius 1 is 1.28 bits per heavy atom. The van der Waals surface area contributed by atoms with Crippen LogP contribution in [-0.4, -0.2) is 20.1 Å². The van der Waals surface area contributed by atoms with Crippen molar-refractivity contribution in [2.75, 3.05) is 19.5 Å². The lowest BCUT2D eigenvalue weighted by atomic mass is 9.72. The number of nitrogens with zero attached hydrogens (tertiary/aromatic N) is 1. The van der Waals surface area contributed by atoms with E-state index in [1.54, 1.807) is 37.7 Å². The van der Waals surface area contributed by atoms with Crippen LogP contribution in [0.5, 0.6) is 11.5 Å². The van der Waals surface area contributed by atoms with E-state index in [-0.39, 0.29) is 17.7 Å². The SMILES string of the molecule is COc1ccc(CC(=O)Nc2sc3c(c2C#N)CC[C@@H](C(C)(C)C)C3)cc1OC. The predicted molar refractivity (Wildman–Crippen MR) is 116 cm³/mol. The molecular formula is C23H28N2O3S. The van der Waals surface area contributed by atoms with Crippen LogP contribution in [0, 0.1) is 22.7 Å². The molecule has 0 radical (unpaired) electrons. The van der Waals surface area contributed by atoms with Crippen molar-refractivity contribution in [2.24, 2.45) is 11.3 Å². The summed E-state index contributed by atoms with van der Waals surface area (Å²) < 4.78 is 10.5. The van der Waals surface area contributed by atoms with Crippen LogP contribution in [-0.2, 0) is 24.1 Å². The number of hydrogen-bond donors (Lipinski definition) is 1. The van der Waals surface area contributed by atoms with Crippen molar-refractivity contribution >= 4 is 22.2 Å².